The molecule has 0 spiro atoms. The Kier molecular flexibility index (Phi) is 12.6. The molecule has 0 saturated heterocycles. The van der Waals surface area contributed by atoms with Crippen LogP contribution in [0.1, 0.15) is 41.5 Å². The van der Waals surface area contributed by atoms with Gasteiger partial charge >= 0.3 is 18.0 Å². The van der Waals surface area contributed by atoms with E-state index in [9.17, 15) is 0 Å². The van der Waals surface area contributed by atoms with Gasteiger partial charge in [-0.25, -0.2) is 0 Å². The summed E-state index contributed by atoms with van der Waals surface area (Å²) < 4.78 is 15.3. The molecule has 0 aliphatic heterocycles. The third-order valence-electron chi connectivity index (χ3n) is 4.60. The molecule has 0 bridgehead atoms. The van der Waals surface area contributed by atoms with Crippen molar-refractivity contribution in [2.45, 2.75) is 51.8 Å². The third kappa shape index (κ3) is 8.61. The molecule has 0 aromatic carbocycles. The van der Waals surface area contributed by atoms with E-state index in [2.05, 4.69) is 158 Å². The van der Waals surface area contributed by atoms with Crippen LogP contribution < -0.4 is 14.2 Å². The summed E-state index contributed by atoms with van der Waals surface area (Å²) in [6, 6.07) is -0.00647. The zero-order valence-corrected chi connectivity index (χ0v) is 32.9. The molecule has 0 unspecified atom stereocenters. The van der Waals surface area contributed by atoms with Crippen LogP contribution >= 0.6 is 143 Å². The number of halogens is 9. The number of aromatic nitrogens is 3. The van der Waals surface area contributed by atoms with Gasteiger partial charge in [0.25, 0.3) is 0 Å². The lowest BCUT2D eigenvalue weighted by Gasteiger charge is -2.37. The van der Waals surface area contributed by atoms with E-state index < -0.39 is 10.3 Å². The molecule has 0 aliphatic carbocycles. The van der Waals surface area contributed by atoms with Crippen molar-refractivity contribution in [2.75, 3.05) is 16.0 Å². The van der Waals surface area contributed by atoms with Crippen molar-refractivity contribution in [1.29, 1.82) is 0 Å². The lowest BCUT2D eigenvalue weighted by atomic mass is 9.98. The first kappa shape index (κ1) is 33.8. The van der Waals surface area contributed by atoms with Gasteiger partial charge in [0.1, 0.15) is 0 Å². The van der Waals surface area contributed by atoms with Crippen LogP contribution in [0, 0.1) is 16.2 Å². The van der Waals surface area contributed by atoms with Gasteiger partial charge in [0.15, 0.2) is 0 Å². The fourth-order valence-corrected chi connectivity index (χ4v) is 6.60. The highest BCUT2D eigenvalue weighted by Crippen LogP contribution is 2.49. The van der Waals surface area contributed by atoms with E-state index in [-0.39, 0.29) is 34.3 Å². The van der Waals surface area contributed by atoms with E-state index in [0.717, 1.165) is 0 Å². The summed E-state index contributed by atoms with van der Waals surface area (Å²) in [5, 5.41) is 1.89. The Hall–Kier alpha value is 2.73. The van der Waals surface area contributed by atoms with Crippen molar-refractivity contribution in [3.8, 4) is 18.0 Å². The Morgan fingerprint density at radius 2 is 0.667 bits per heavy atom. The first-order chi connectivity index (χ1) is 14.7. The molecule has 1 heterocycles. The molecule has 0 N–H and O–H groups in total. The van der Waals surface area contributed by atoms with E-state index in [1.165, 1.54) is 0 Å². The van der Waals surface area contributed by atoms with Crippen molar-refractivity contribution in [3.05, 3.63) is 0 Å². The number of rotatable bonds is 12. The van der Waals surface area contributed by atoms with Crippen LogP contribution in [0.5, 0.6) is 18.0 Å². The van der Waals surface area contributed by atoms with Crippen molar-refractivity contribution in [2.24, 2.45) is 16.2 Å². The molecule has 0 fully saturated rings. The molecular weight excluding hydrogens is 1030 g/mol. The van der Waals surface area contributed by atoms with Crippen LogP contribution in [-0.2, 0) is 0 Å². The van der Waals surface area contributed by atoms with Crippen LogP contribution in [-0.4, -0.2) is 41.2 Å². The summed E-state index contributed by atoms with van der Waals surface area (Å²) >= 11 is 32.1. The van der Waals surface area contributed by atoms with E-state index in [4.69, 9.17) is 14.2 Å². The van der Waals surface area contributed by atoms with Gasteiger partial charge in [-0.15, -0.1) is 15.0 Å². The van der Waals surface area contributed by atoms with Gasteiger partial charge in [-0.1, -0.05) is 89.3 Å². The molecule has 1 aromatic rings. The third-order valence-corrected chi connectivity index (χ3v) is 16.2. The largest absolute Gasteiger partial charge is 0.434 e. The van der Waals surface area contributed by atoms with Crippen LogP contribution in [0.4, 0.5) is 0 Å². The van der Waals surface area contributed by atoms with Gasteiger partial charge in [0, 0.05) is 32.2 Å². The summed E-state index contributed by atoms with van der Waals surface area (Å²) in [7, 11) is 0. The zero-order valence-electron chi connectivity index (χ0n) is 18.6. The number of alkyl halides is 9. The van der Waals surface area contributed by atoms with Gasteiger partial charge in [0.05, 0.1) is 0 Å². The first-order valence-electron chi connectivity index (χ1n) is 9.31. The van der Waals surface area contributed by atoms with E-state index in [1.807, 2.05) is 41.5 Å². The topological polar surface area (TPSA) is 66.4 Å². The quantitative estimate of drug-likeness (QED) is 0.195. The maximum Gasteiger partial charge on any atom is 0.327 e. The molecule has 15 heteroatoms. The monoisotopic (exact) mass is 1040 g/mol. The molecule has 1 aromatic heterocycles. The van der Waals surface area contributed by atoms with Crippen LogP contribution in [0.25, 0.3) is 0 Å². The summed E-state index contributed by atoms with van der Waals surface area (Å²) in [5.74, 6) is 0. The maximum absolute atomic E-state index is 6.09. The lowest BCUT2D eigenvalue weighted by molar-refractivity contribution is 0.107. The van der Waals surface area contributed by atoms with E-state index in [0.29, 0.717) is 16.0 Å². The Balaban J connectivity index is 3.52. The van der Waals surface area contributed by atoms with Gasteiger partial charge in [-0.05, 0) is 95.6 Å². The number of ether oxygens (including phenoxy) is 3. The summed E-state index contributed by atoms with van der Waals surface area (Å²) in [4.78, 5) is 13.1. The standard InChI is InChI=1S/C18H24Br9N3O3/c1-13(2,7-19)16(22,23)31-10-28-11(32-17(24,25)14(3,4)8-20)30-12(29-10)33-18(26,27)15(5,6)9-21/h7-9H2,1-6H3. The smallest absolute Gasteiger partial charge is 0.327 e. The minimum absolute atomic E-state index is 0.00216. The predicted molar refractivity (Wildman–Crippen MR) is 166 cm³/mol. The number of hydrogen-bond donors (Lipinski definition) is 0. The molecular formula is C18H24Br9N3O3. The maximum atomic E-state index is 6.09. The Morgan fingerprint density at radius 3 is 0.818 bits per heavy atom. The average molecular weight is 1050 g/mol. The predicted octanol–water partition coefficient (Wildman–Crippen LogP) is 9.60. The van der Waals surface area contributed by atoms with E-state index in [1.54, 1.807) is 0 Å². The van der Waals surface area contributed by atoms with Gasteiger partial charge in [0.2, 0.25) is 10.3 Å². The normalized spacial score (nSPS) is 14.3. The van der Waals surface area contributed by atoms with Crippen molar-refractivity contribution >= 4 is 143 Å². The van der Waals surface area contributed by atoms with Gasteiger partial charge < -0.3 is 14.2 Å². The van der Waals surface area contributed by atoms with Crippen LogP contribution in [0.3, 0.4) is 0 Å². The number of hydrogen-bond acceptors (Lipinski definition) is 6. The average Bonchev–Trinajstić information content (AvgIpc) is 2.66. The second kappa shape index (κ2) is 12.3. The number of nitrogens with zero attached hydrogens (tertiary/aromatic N) is 3. The summed E-state index contributed by atoms with van der Waals surface area (Å²) in [6.07, 6.45) is 0. The molecule has 6 nitrogen and oxygen atoms in total. The summed E-state index contributed by atoms with van der Waals surface area (Å²) in [5.41, 5.74) is -1.16. The SMILES string of the molecule is CC(C)(CBr)C(Br)(Br)Oc1nc(OC(Br)(Br)C(C)(C)CBr)nc(OC(Br)(Br)C(C)(C)CBr)n1. The Labute approximate surface area is 271 Å². The van der Waals surface area contributed by atoms with Gasteiger partial charge in [-0.2, -0.15) is 0 Å². The highest BCUT2D eigenvalue weighted by molar-refractivity contribution is 9.26. The molecule has 0 saturated carbocycles. The molecule has 0 radical (unpaired) electrons. The fraction of sp³-hybridized carbons (Fsp3) is 0.833. The molecule has 1 rings (SSSR count). The minimum Gasteiger partial charge on any atom is -0.434 e. The van der Waals surface area contributed by atoms with E-state index >= 15 is 0 Å². The summed E-state index contributed by atoms with van der Waals surface area (Å²) in [6.45, 7) is 12.0. The van der Waals surface area contributed by atoms with Crippen molar-refractivity contribution in [1.82, 2.24) is 15.0 Å². The Morgan fingerprint density at radius 1 is 0.485 bits per heavy atom. The molecule has 0 amide bonds. The highest BCUT2D eigenvalue weighted by atomic mass is 79.9. The van der Waals surface area contributed by atoms with Crippen LogP contribution in [0.2, 0.25) is 0 Å². The van der Waals surface area contributed by atoms with Crippen LogP contribution in [0.15, 0.2) is 0 Å². The molecule has 0 atom stereocenters. The fourth-order valence-electron chi connectivity index (χ4n) is 1.45. The lowest BCUT2D eigenvalue weighted by Crippen LogP contribution is -2.42. The minimum atomic E-state index is -0.990. The van der Waals surface area contributed by atoms with Gasteiger partial charge in [-0.3, -0.25) is 0 Å². The highest BCUT2D eigenvalue weighted by Gasteiger charge is 2.47. The second-order valence-corrected chi connectivity index (χ2v) is 20.7. The molecule has 33 heavy (non-hydrogen) atoms. The first-order valence-corrected chi connectivity index (χ1v) is 17.4. The zero-order chi connectivity index (χ0) is 26.1. The van der Waals surface area contributed by atoms with Crippen molar-refractivity contribution < 1.29 is 14.2 Å². The second-order valence-electron chi connectivity index (χ2n) is 9.09. The van der Waals surface area contributed by atoms with Crippen molar-refractivity contribution in [3.63, 3.8) is 0 Å². The molecule has 192 valence electrons. The Bertz CT molecular complexity index is 704. The molecule has 0 aliphatic rings.